The van der Waals surface area contributed by atoms with Crippen LogP contribution in [0.5, 0.6) is 0 Å². The Hall–Kier alpha value is 1.53. The van der Waals surface area contributed by atoms with Crippen LogP contribution in [0.1, 0.15) is 0 Å². The van der Waals surface area contributed by atoms with Crippen molar-refractivity contribution in [3.63, 3.8) is 0 Å². The molecule has 2 aromatic carbocycles. The third-order valence-corrected chi connectivity index (χ3v) is 9.23. The van der Waals surface area contributed by atoms with Crippen molar-refractivity contribution in [1.82, 2.24) is 0 Å². The van der Waals surface area contributed by atoms with Gasteiger partial charge in [0.25, 0.3) is 0 Å². The summed E-state index contributed by atoms with van der Waals surface area (Å²) in [6.45, 7) is 0. The van der Waals surface area contributed by atoms with Crippen molar-refractivity contribution < 1.29 is 0 Å². The monoisotopic (exact) mass is 626 g/mol. The number of rotatable bonds is 8. The SMILES string of the molecule is Clc1cc(Sc2ccc(SCCI)c(Cl)c2)ccc1SCCI. The van der Waals surface area contributed by atoms with E-state index in [2.05, 4.69) is 69.4 Å². The third kappa shape index (κ3) is 6.98. The summed E-state index contributed by atoms with van der Waals surface area (Å²) in [5.41, 5.74) is 0. The van der Waals surface area contributed by atoms with Crippen molar-refractivity contribution in [2.24, 2.45) is 0 Å². The summed E-state index contributed by atoms with van der Waals surface area (Å²) in [6.07, 6.45) is 0. The highest BCUT2D eigenvalue weighted by Gasteiger charge is 2.07. The van der Waals surface area contributed by atoms with Gasteiger partial charge in [-0.05, 0) is 36.4 Å². The maximum atomic E-state index is 6.38. The van der Waals surface area contributed by atoms with Crippen molar-refractivity contribution in [2.45, 2.75) is 19.6 Å². The standard InChI is InChI=1S/C16H14Cl2I2S3/c17-13-9-11(1-3-15(13)21-7-5-19)23-12-2-4-16(14(18)10-12)22-8-6-20/h1-4,9-10H,5-8H2. The third-order valence-electron chi connectivity index (χ3n) is 2.71. The quantitative estimate of drug-likeness (QED) is 0.165. The number of benzene rings is 2. The number of thioether (sulfide) groups is 2. The molecule has 0 nitrogen and oxygen atoms in total. The van der Waals surface area contributed by atoms with Crippen LogP contribution in [0.25, 0.3) is 0 Å². The average molecular weight is 627 g/mol. The van der Waals surface area contributed by atoms with Gasteiger partial charge in [0.1, 0.15) is 0 Å². The lowest BCUT2D eigenvalue weighted by Gasteiger charge is -2.08. The first-order valence-corrected chi connectivity index (χ1v) is 13.4. The number of hydrogen-bond acceptors (Lipinski definition) is 3. The number of alkyl halides is 2. The van der Waals surface area contributed by atoms with Gasteiger partial charge in [-0.25, -0.2) is 0 Å². The van der Waals surface area contributed by atoms with Gasteiger partial charge in [0.15, 0.2) is 0 Å². The number of halogens is 4. The second kappa shape index (κ2) is 11.3. The molecule has 0 saturated heterocycles. The summed E-state index contributed by atoms with van der Waals surface area (Å²) in [5, 5.41) is 1.65. The predicted molar refractivity (Wildman–Crippen MR) is 126 cm³/mol. The van der Waals surface area contributed by atoms with Crippen LogP contribution in [-0.4, -0.2) is 20.4 Å². The fraction of sp³-hybridized carbons (Fsp3) is 0.250. The van der Waals surface area contributed by atoms with Crippen LogP contribution >= 0.6 is 104 Å². The fourth-order valence-electron chi connectivity index (χ4n) is 1.76. The van der Waals surface area contributed by atoms with E-state index in [0.717, 1.165) is 50.0 Å². The highest BCUT2D eigenvalue weighted by Crippen LogP contribution is 2.37. The lowest BCUT2D eigenvalue weighted by molar-refractivity contribution is 1.31. The molecule has 0 heterocycles. The smallest absolute Gasteiger partial charge is 0.0553 e. The summed E-state index contributed by atoms with van der Waals surface area (Å²) in [7, 11) is 0. The first-order chi connectivity index (χ1) is 11.1. The highest BCUT2D eigenvalue weighted by molar-refractivity contribution is 14.1. The first kappa shape index (κ1) is 20.8. The van der Waals surface area contributed by atoms with Gasteiger partial charge in [0.05, 0.1) is 10.0 Å². The van der Waals surface area contributed by atoms with E-state index < -0.39 is 0 Å². The summed E-state index contributed by atoms with van der Waals surface area (Å²) in [5.74, 6) is 2.16. The van der Waals surface area contributed by atoms with Crippen LogP contribution in [0, 0.1) is 0 Å². The molecule has 124 valence electrons. The molecule has 0 fully saturated rings. The molecule has 7 heteroatoms. The van der Waals surface area contributed by atoms with Gasteiger partial charge in [-0.15, -0.1) is 23.5 Å². The summed E-state index contributed by atoms with van der Waals surface area (Å²) >= 11 is 22.8. The van der Waals surface area contributed by atoms with E-state index in [-0.39, 0.29) is 0 Å². The highest BCUT2D eigenvalue weighted by atomic mass is 127. The lowest BCUT2D eigenvalue weighted by atomic mass is 10.3. The molecule has 0 bridgehead atoms. The zero-order valence-corrected chi connectivity index (χ0v) is 20.3. The molecule has 0 aromatic heterocycles. The Morgan fingerprint density at radius 3 is 1.52 bits per heavy atom. The van der Waals surface area contributed by atoms with E-state index in [1.165, 1.54) is 0 Å². The van der Waals surface area contributed by atoms with Crippen molar-refractivity contribution in [1.29, 1.82) is 0 Å². The molecule has 0 atom stereocenters. The van der Waals surface area contributed by atoms with Gasteiger partial charge in [0.2, 0.25) is 0 Å². The minimum Gasteiger partial charge on any atom is -0.124 e. The van der Waals surface area contributed by atoms with Gasteiger partial charge in [-0.2, -0.15) is 0 Å². The Bertz CT molecular complexity index is 598. The molecule has 0 amide bonds. The molecule has 0 unspecified atom stereocenters. The topological polar surface area (TPSA) is 0 Å². The minimum atomic E-state index is 0.824. The molecule has 0 aliphatic carbocycles. The van der Waals surface area contributed by atoms with Crippen LogP contribution in [0.4, 0.5) is 0 Å². The minimum absolute atomic E-state index is 0.824. The Morgan fingerprint density at radius 1 is 0.739 bits per heavy atom. The van der Waals surface area contributed by atoms with E-state index in [0.29, 0.717) is 0 Å². The maximum Gasteiger partial charge on any atom is 0.0553 e. The van der Waals surface area contributed by atoms with E-state index in [9.17, 15) is 0 Å². The molecule has 0 aliphatic heterocycles. The lowest BCUT2D eigenvalue weighted by Crippen LogP contribution is -1.83. The molecule has 23 heavy (non-hydrogen) atoms. The van der Waals surface area contributed by atoms with E-state index in [1.807, 2.05) is 12.1 Å². The second-order valence-electron chi connectivity index (χ2n) is 4.36. The van der Waals surface area contributed by atoms with Crippen LogP contribution in [0.2, 0.25) is 10.0 Å². The first-order valence-electron chi connectivity index (χ1n) is 6.78. The summed E-state index contributed by atoms with van der Waals surface area (Å²) in [4.78, 5) is 4.57. The molecule has 0 spiro atoms. The average Bonchev–Trinajstić information content (AvgIpc) is 2.53. The second-order valence-corrected chi connectivity index (χ2v) is 10.8. The van der Waals surface area contributed by atoms with E-state index in [1.54, 1.807) is 35.3 Å². The maximum absolute atomic E-state index is 6.38. The molecular formula is C16H14Cl2I2S3. The van der Waals surface area contributed by atoms with E-state index >= 15 is 0 Å². The molecule has 0 saturated carbocycles. The van der Waals surface area contributed by atoms with E-state index in [4.69, 9.17) is 23.2 Å². The van der Waals surface area contributed by atoms with Gasteiger partial charge in [-0.1, -0.05) is 80.1 Å². The van der Waals surface area contributed by atoms with Crippen molar-refractivity contribution in [2.75, 3.05) is 20.4 Å². The summed E-state index contributed by atoms with van der Waals surface area (Å²) < 4.78 is 2.24. The van der Waals surface area contributed by atoms with Crippen LogP contribution in [0.3, 0.4) is 0 Å². The Morgan fingerprint density at radius 2 is 1.17 bits per heavy atom. The fourth-order valence-corrected chi connectivity index (χ4v) is 6.11. The zero-order chi connectivity index (χ0) is 16.7. The molecule has 0 N–H and O–H groups in total. The summed E-state index contributed by atoms with van der Waals surface area (Å²) in [6, 6.07) is 12.5. The van der Waals surface area contributed by atoms with Gasteiger partial charge >= 0.3 is 0 Å². The van der Waals surface area contributed by atoms with Crippen LogP contribution in [-0.2, 0) is 0 Å². The normalized spacial score (nSPS) is 11.0. The molecular weight excluding hydrogens is 613 g/mol. The molecule has 0 radical (unpaired) electrons. The number of hydrogen-bond donors (Lipinski definition) is 0. The van der Waals surface area contributed by atoms with Gasteiger partial charge in [-0.3, -0.25) is 0 Å². The molecule has 0 aliphatic rings. The van der Waals surface area contributed by atoms with Crippen LogP contribution < -0.4 is 0 Å². The Labute approximate surface area is 187 Å². The van der Waals surface area contributed by atoms with Crippen molar-refractivity contribution >= 4 is 104 Å². The Balaban J connectivity index is 2.07. The molecule has 2 rings (SSSR count). The predicted octanol–water partition coefficient (Wildman–Crippen LogP) is 8.20. The van der Waals surface area contributed by atoms with Crippen molar-refractivity contribution in [3.8, 4) is 0 Å². The van der Waals surface area contributed by atoms with Gasteiger partial charge in [0, 0.05) is 39.9 Å². The van der Waals surface area contributed by atoms with Crippen molar-refractivity contribution in [3.05, 3.63) is 46.4 Å². The Kier molecular flexibility index (Phi) is 10.2. The van der Waals surface area contributed by atoms with Gasteiger partial charge < -0.3 is 0 Å². The largest absolute Gasteiger partial charge is 0.124 e. The van der Waals surface area contributed by atoms with Crippen LogP contribution in [0.15, 0.2) is 56.0 Å². The molecule has 2 aromatic rings. The zero-order valence-electron chi connectivity index (χ0n) is 12.0.